The molecule has 0 aromatic carbocycles. The monoisotopic (exact) mass is 241 g/mol. The molecule has 1 aliphatic heterocycles. The molecule has 0 aliphatic carbocycles. The van der Waals surface area contributed by atoms with Crippen LogP contribution in [-0.2, 0) is 0 Å². The van der Waals surface area contributed by atoms with Gasteiger partial charge in [-0.2, -0.15) is 0 Å². The van der Waals surface area contributed by atoms with Crippen LogP contribution in [0.15, 0.2) is 0 Å². The lowest BCUT2D eigenvalue weighted by molar-refractivity contribution is 0.111. The maximum Gasteiger partial charge on any atom is 0.0527 e. The molecule has 1 rings (SSSR count). The van der Waals surface area contributed by atoms with Crippen molar-refractivity contribution >= 4 is 0 Å². The fourth-order valence-electron chi connectivity index (χ4n) is 2.93. The number of unbranched alkanes of at least 4 members (excludes halogenated alkanes) is 3. The van der Waals surface area contributed by atoms with Crippen molar-refractivity contribution in [2.45, 2.75) is 83.8 Å². The Morgan fingerprint density at radius 2 is 2.00 bits per heavy atom. The molecule has 0 radical (unpaired) electrons. The number of nitrogens with zero attached hydrogens (tertiary/aromatic N) is 1. The summed E-state index contributed by atoms with van der Waals surface area (Å²) in [7, 11) is 0. The van der Waals surface area contributed by atoms with Gasteiger partial charge in [0.05, 0.1) is 6.10 Å². The van der Waals surface area contributed by atoms with Crippen LogP contribution in [0, 0.1) is 0 Å². The minimum Gasteiger partial charge on any atom is -0.393 e. The van der Waals surface area contributed by atoms with E-state index in [2.05, 4.69) is 11.8 Å². The van der Waals surface area contributed by atoms with Gasteiger partial charge in [-0.1, -0.05) is 39.0 Å². The first-order valence-electron chi connectivity index (χ1n) is 7.66. The van der Waals surface area contributed by atoms with Crippen molar-refractivity contribution < 1.29 is 5.11 Å². The van der Waals surface area contributed by atoms with Crippen LogP contribution in [0.25, 0.3) is 0 Å². The zero-order valence-corrected chi connectivity index (χ0v) is 11.8. The third-order valence-corrected chi connectivity index (χ3v) is 3.91. The van der Waals surface area contributed by atoms with Crippen LogP contribution in [0.2, 0.25) is 0 Å². The fourth-order valence-corrected chi connectivity index (χ4v) is 2.93. The topological polar surface area (TPSA) is 23.5 Å². The lowest BCUT2D eigenvalue weighted by Gasteiger charge is -2.30. The number of aliphatic hydroxyl groups is 1. The van der Waals surface area contributed by atoms with Gasteiger partial charge >= 0.3 is 0 Å². The van der Waals surface area contributed by atoms with Gasteiger partial charge in [-0.15, -0.1) is 0 Å². The molecule has 0 amide bonds. The van der Waals surface area contributed by atoms with Crippen molar-refractivity contribution in [1.82, 2.24) is 4.90 Å². The zero-order valence-electron chi connectivity index (χ0n) is 11.8. The summed E-state index contributed by atoms with van der Waals surface area (Å²) in [5.41, 5.74) is 0. The fraction of sp³-hybridized carbons (Fsp3) is 1.00. The highest BCUT2D eigenvalue weighted by Gasteiger charge is 2.21. The molecule has 2 atom stereocenters. The molecule has 1 fully saturated rings. The smallest absolute Gasteiger partial charge is 0.0527 e. The summed E-state index contributed by atoms with van der Waals surface area (Å²) >= 11 is 0. The van der Waals surface area contributed by atoms with Crippen LogP contribution in [0.5, 0.6) is 0 Å². The maximum atomic E-state index is 9.60. The number of hydrogen-bond acceptors (Lipinski definition) is 2. The summed E-state index contributed by atoms with van der Waals surface area (Å²) in [5.74, 6) is 0. The van der Waals surface area contributed by atoms with E-state index in [9.17, 15) is 5.11 Å². The Labute approximate surface area is 107 Å². The SMILES string of the molecule is CCCCCCN1CCCCCC1CC(C)O. The number of likely N-dealkylation sites (tertiary alicyclic amines) is 1. The Bertz CT molecular complexity index is 182. The highest BCUT2D eigenvalue weighted by Crippen LogP contribution is 2.21. The van der Waals surface area contributed by atoms with Crippen LogP contribution in [0.1, 0.15) is 71.6 Å². The molecule has 1 aliphatic rings. The largest absolute Gasteiger partial charge is 0.393 e. The molecule has 0 aromatic rings. The third-order valence-electron chi connectivity index (χ3n) is 3.91. The Morgan fingerprint density at radius 1 is 1.18 bits per heavy atom. The molecule has 0 spiro atoms. The summed E-state index contributed by atoms with van der Waals surface area (Å²) in [6.07, 6.45) is 11.6. The summed E-state index contributed by atoms with van der Waals surface area (Å²) in [4.78, 5) is 2.65. The normalized spacial score (nSPS) is 24.5. The molecule has 0 aromatic heterocycles. The first-order chi connectivity index (χ1) is 8.24. The van der Waals surface area contributed by atoms with Crippen molar-refractivity contribution in [2.75, 3.05) is 13.1 Å². The van der Waals surface area contributed by atoms with Crippen molar-refractivity contribution in [3.05, 3.63) is 0 Å². The molecule has 17 heavy (non-hydrogen) atoms. The minimum atomic E-state index is -0.142. The van der Waals surface area contributed by atoms with Gasteiger partial charge in [0.15, 0.2) is 0 Å². The predicted octanol–water partition coefficient (Wildman–Crippen LogP) is 3.58. The lowest BCUT2D eigenvalue weighted by atomic mass is 10.0. The van der Waals surface area contributed by atoms with E-state index in [1.54, 1.807) is 0 Å². The maximum absolute atomic E-state index is 9.60. The number of rotatable bonds is 7. The lowest BCUT2D eigenvalue weighted by Crippen LogP contribution is -2.37. The van der Waals surface area contributed by atoms with Crippen LogP contribution in [0.3, 0.4) is 0 Å². The van der Waals surface area contributed by atoms with Crippen molar-refractivity contribution in [1.29, 1.82) is 0 Å². The second kappa shape index (κ2) is 8.93. The average Bonchev–Trinajstić information content (AvgIpc) is 2.50. The van der Waals surface area contributed by atoms with Crippen molar-refractivity contribution in [3.63, 3.8) is 0 Å². The van der Waals surface area contributed by atoms with E-state index in [1.807, 2.05) is 6.92 Å². The van der Waals surface area contributed by atoms with E-state index < -0.39 is 0 Å². The van der Waals surface area contributed by atoms with E-state index in [1.165, 1.54) is 64.5 Å². The molecule has 2 nitrogen and oxygen atoms in total. The third kappa shape index (κ3) is 6.42. The Kier molecular flexibility index (Phi) is 7.87. The zero-order chi connectivity index (χ0) is 12.5. The van der Waals surface area contributed by atoms with E-state index >= 15 is 0 Å². The Morgan fingerprint density at radius 3 is 2.71 bits per heavy atom. The van der Waals surface area contributed by atoms with E-state index in [-0.39, 0.29) is 6.10 Å². The summed E-state index contributed by atoms with van der Waals surface area (Å²) in [6.45, 7) is 6.70. The average molecular weight is 241 g/mol. The molecule has 2 unspecified atom stereocenters. The van der Waals surface area contributed by atoms with Crippen LogP contribution >= 0.6 is 0 Å². The first kappa shape index (κ1) is 15.0. The highest BCUT2D eigenvalue weighted by atomic mass is 16.3. The quantitative estimate of drug-likeness (QED) is 0.689. The standard InChI is InChI=1S/C15H31NO/c1-3-4-5-8-11-16-12-9-6-7-10-15(16)13-14(2)17/h14-15,17H,3-13H2,1-2H3. The van der Waals surface area contributed by atoms with Gasteiger partial charge in [-0.05, 0) is 45.7 Å². The van der Waals surface area contributed by atoms with Crippen molar-refractivity contribution in [3.8, 4) is 0 Å². The van der Waals surface area contributed by atoms with E-state index in [0.717, 1.165) is 6.42 Å². The highest BCUT2D eigenvalue weighted by molar-refractivity contribution is 4.77. The molecular formula is C15H31NO. The summed E-state index contributed by atoms with van der Waals surface area (Å²) in [5, 5.41) is 9.60. The summed E-state index contributed by atoms with van der Waals surface area (Å²) < 4.78 is 0. The van der Waals surface area contributed by atoms with Gasteiger partial charge in [0.1, 0.15) is 0 Å². The predicted molar refractivity (Wildman–Crippen MR) is 74.3 cm³/mol. The molecule has 1 N–H and O–H groups in total. The van der Waals surface area contributed by atoms with Gasteiger partial charge in [0.2, 0.25) is 0 Å². The molecule has 0 bridgehead atoms. The van der Waals surface area contributed by atoms with Crippen LogP contribution in [0.4, 0.5) is 0 Å². The van der Waals surface area contributed by atoms with Gasteiger partial charge in [-0.3, -0.25) is 0 Å². The number of aliphatic hydroxyl groups excluding tert-OH is 1. The van der Waals surface area contributed by atoms with Crippen molar-refractivity contribution in [2.24, 2.45) is 0 Å². The van der Waals surface area contributed by atoms with Crippen LogP contribution in [-0.4, -0.2) is 35.2 Å². The molecule has 1 heterocycles. The number of hydrogen-bond donors (Lipinski definition) is 1. The minimum absolute atomic E-state index is 0.142. The van der Waals surface area contributed by atoms with Crippen LogP contribution < -0.4 is 0 Å². The second-order valence-corrected chi connectivity index (χ2v) is 5.68. The summed E-state index contributed by atoms with van der Waals surface area (Å²) in [6, 6.07) is 0.638. The Balaban J connectivity index is 2.33. The molecule has 1 saturated heterocycles. The van der Waals surface area contributed by atoms with E-state index in [4.69, 9.17) is 0 Å². The first-order valence-corrected chi connectivity index (χ1v) is 7.66. The molecule has 0 saturated carbocycles. The second-order valence-electron chi connectivity index (χ2n) is 5.68. The Hall–Kier alpha value is -0.0800. The molecule has 102 valence electrons. The molecular weight excluding hydrogens is 210 g/mol. The van der Waals surface area contributed by atoms with Gasteiger partial charge in [-0.25, -0.2) is 0 Å². The van der Waals surface area contributed by atoms with Gasteiger partial charge in [0, 0.05) is 6.04 Å². The van der Waals surface area contributed by atoms with Gasteiger partial charge < -0.3 is 10.0 Å². The van der Waals surface area contributed by atoms with E-state index in [0.29, 0.717) is 6.04 Å². The van der Waals surface area contributed by atoms with Gasteiger partial charge in [0.25, 0.3) is 0 Å². The molecule has 2 heteroatoms.